The van der Waals surface area contributed by atoms with Crippen LogP contribution in [-0.2, 0) is 0 Å². The molecule has 0 radical (unpaired) electrons. The first kappa shape index (κ1) is 18.1. The van der Waals surface area contributed by atoms with Crippen LogP contribution in [0.1, 0.15) is 10.4 Å². The molecule has 2 aromatic carbocycles. The molecule has 0 unspecified atom stereocenters. The van der Waals surface area contributed by atoms with Gasteiger partial charge in [0.1, 0.15) is 5.75 Å². The number of benzene rings is 2. The number of hydrogen-bond donors (Lipinski definition) is 1. The smallest absolute Gasteiger partial charge is 0.346 e. The molecular weight excluding hydrogens is 374 g/mol. The Morgan fingerprint density at radius 3 is 2.64 bits per heavy atom. The fraction of sp³-hybridized carbons (Fsp3) is 0.0952. The van der Waals surface area contributed by atoms with Crippen LogP contribution in [0.25, 0.3) is 22.0 Å². The topological polar surface area (TPSA) is 77.1 Å². The molecule has 0 amide bonds. The van der Waals surface area contributed by atoms with Gasteiger partial charge in [-0.1, -0.05) is 18.2 Å². The molecule has 0 fully saturated rings. The van der Waals surface area contributed by atoms with Crippen molar-refractivity contribution in [3.05, 3.63) is 66.6 Å². The number of ether oxygens (including phenoxy) is 2. The van der Waals surface area contributed by atoms with Gasteiger partial charge < -0.3 is 14.5 Å². The number of H-pyrrole nitrogens is 1. The van der Waals surface area contributed by atoms with E-state index in [-0.39, 0.29) is 6.01 Å². The number of aromatic nitrogens is 3. The van der Waals surface area contributed by atoms with E-state index in [4.69, 9.17) is 9.47 Å². The molecule has 4 rings (SSSR count). The average Bonchev–Trinajstić information content (AvgIpc) is 3.16. The fourth-order valence-electron chi connectivity index (χ4n) is 2.86. The van der Waals surface area contributed by atoms with E-state index in [0.717, 1.165) is 32.7 Å². The van der Waals surface area contributed by atoms with Crippen LogP contribution >= 0.6 is 11.8 Å². The second-order valence-corrected chi connectivity index (χ2v) is 6.84. The Hall–Kier alpha value is -3.32. The van der Waals surface area contributed by atoms with E-state index < -0.39 is 5.97 Å². The van der Waals surface area contributed by atoms with Crippen molar-refractivity contribution in [2.24, 2.45) is 0 Å². The lowest BCUT2D eigenvalue weighted by Crippen LogP contribution is -2.10. The van der Waals surface area contributed by atoms with Gasteiger partial charge in [0.2, 0.25) is 0 Å². The second kappa shape index (κ2) is 7.74. The number of fused-ring (bicyclic) bond motifs is 1. The van der Waals surface area contributed by atoms with Crippen molar-refractivity contribution in [3.63, 3.8) is 0 Å². The molecule has 0 bridgehead atoms. The molecule has 0 aliphatic rings. The summed E-state index contributed by atoms with van der Waals surface area (Å²) in [6.45, 7) is 0. The van der Waals surface area contributed by atoms with Gasteiger partial charge in [-0.05, 0) is 36.1 Å². The Labute approximate surface area is 165 Å². The first-order chi connectivity index (χ1) is 13.7. The van der Waals surface area contributed by atoms with Crippen molar-refractivity contribution >= 4 is 28.6 Å². The van der Waals surface area contributed by atoms with Crippen LogP contribution in [0.15, 0.2) is 66.0 Å². The lowest BCUT2D eigenvalue weighted by Gasteiger charge is -2.06. The Balaban J connectivity index is 1.51. The second-order valence-electron chi connectivity index (χ2n) is 5.99. The van der Waals surface area contributed by atoms with Gasteiger partial charge in [-0.2, -0.15) is 0 Å². The monoisotopic (exact) mass is 391 g/mol. The van der Waals surface area contributed by atoms with E-state index in [1.807, 2.05) is 42.8 Å². The van der Waals surface area contributed by atoms with Crippen LogP contribution in [0, 0.1) is 0 Å². The molecule has 0 aliphatic carbocycles. The zero-order chi connectivity index (χ0) is 19.5. The predicted molar refractivity (Wildman–Crippen MR) is 109 cm³/mol. The Morgan fingerprint density at radius 2 is 1.89 bits per heavy atom. The third-order valence-electron chi connectivity index (χ3n) is 4.31. The number of esters is 1. The summed E-state index contributed by atoms with van der Waals surface area (Å²) in [5, 5.41) is 1.07. The van der Waals surface area contributed by atoms with Gasteiger partial charge in [0, 0.05) is 40.0 Å². The number of nitrogens with zero attached hydrogens (tertiary/aromatic N) is 2. The summed E-state index contributed by atoms with van der Waals surface area (Å²) in [7, 11) is 1.62. The SMILES string of the molecule is COc1cccc(-c2cnc(OC(=O)c3ccc4c(SC)c[nH]c4c3)nc2)c1. The number of aromatic amines is 1. The molecule has 140 valence electrons. The Morgan fingerprint density at radius 1 is 1.07 bits per heavy atom. The van der Waals surface area contributed by atoms with Gasteiger partial charge in [0.05, 0.1) is 12.7 Å². The van der Waals surface area contributed by atoms with Crippen molar-refractivity contribution in [1.82, 2.24) is 15.0 Å². The third-order valence-corrected chi connectivity index (χ3v) is 5.09. The van der Waals surface area contributed by atoms with Crippen LogP contribution in [0.5, 0.6) is 11.8 Å². The van der Waals surface area contributed by atoms with Crippen molar-refractivity contribution in [2.45, 2.75) is 4.90 Å². The molecule has 0 atom stereocenters. The molecule has 2 aromatic heterocycles. The van der Waals surface area contributed by atoms with Crippen molar-refractivity contribution in [3.8, 4) is 22.9 Å². The molecule has 6 nitrogen and oxygen atoms in total. The highest BCUT2D eigenvalue weighted by atomic mass is 32.2. The summed E-state index contributed by atoms with van der Waals surface area (Å²) < 4.78 is 10.5. The van der Waals surface area contributed by atoms with Crippen molar-refractivity contribution < 1.29 is 14.3 Å². The van der Waals surface area contributed by atoms with E-state index in [1.54, 1.807) is 43.4 Å². The molecule has 2 heterocycles. The number of rotatable bonds is 5. The number of thioether (sulfide) groups is 1. The minimum atomic E-state index is -0.503. The van der Waals surface area contributed by atoms with Gasteiger partial charge in [0.25, 0.3) is 0 Å². The molecule has 0 saturated heterocycles. The first-order valence-corrected chi connectivity index (χ1v) is 9.74. The summed E-state index contributed by atoms with van der Waals surface area (Å²) in [6, 6.07) is 13.0. The van der Waals surface area contributed by atoms with Crippen molar-refractivity contribution in [2.75, 3.05) is 13.4 Å². The maximum absolute atomic E-state index is 12.4. The third kappa shape index (κ3) is 3.57. The number of hydrogen-bond acceptors (Lipinski definition) is 6. The number of carbonyl (C=O) groups is 1. The highest BCUT2D eigenvalue weighted by molar-refractivity contribution is 7.98. The standard InChI is InChI=1S/C21H17N3O3S/c1-26-16-5-3-4-13(8-16)15-10-23-21(24-11-15)27-20(25)14-6-7-17-18(9-14)22-12-19(17)28-2/h3-12,22H,1-2H3. The normalized spacial score (nSPS) is 10.8. The molecule has 0 saturated carbocycles. The van der Waals surface area contributed by atoms with Gasteiger partial charge in [-0.3, -0.25) is 0 Å². The summed E-state index contributed by atoms with van der Waals surface area (Å²) in [5.74, 6) is 0.244. The van der Waals surface area contributed by atoms with Gasteiger partial charge in [-0.25, -0.2) is 14.8 Å². The first-order valence-electron chi connectivity index (χ1n) is 8.51. The van der Waals surface area contributed by atoms with Gasteiger partial charge >= 0.3 is 12.0 Å². The minimum Gasteiger partial charge on any atom is -0.497 e. The van der Waals surface area contributed by atoms with Crippen molar-refractivity contribution in [1.29, 1.82) is 0 Å². The summed E-state index contributed by atoms with van der Waals surface area (Å²) in [6.07, 6.45) is 7.16. The zero-order valence-corrected chi connectivity index (χ0v) is 16.1. The number of nitrogens with one attached hydrogen (secondary N) is 1. The summed E-state index contributed by atoms with van der Waals surface area (Å²) in [5.41, 5.74) is 3.03. The highest BCUT2D eigenvalue weighted by Crippen LogP contribution is 2.27. The summed E-state index contributed by atoms with van der Waals surface area (Å²) >= 11 is 1.65. The molecule has 1 N–H and O–H groups in total. The zero-order valence-electron chi connectivity index (χ0n) is 15.3. The van der Waals surface area contributed by atoms with E-state index in [0.29, 0.717) is 5.56 Å². The van der Waals surface area contributed by atoms with Crippen LogP contribution in [0.4, 0.5) is 0 Å². The lowest BCUT2D eigenvalue weighted by molar-refractivity contribution is 0.0719. The largest absolute Gasteiger partial charge is 0.497 e. The molecule has 28 heavy (non-hydrogen) atoms. The van der Waals surface area contributed by atoms with E-state index >= 15 is 0 Å². The van der Waals surface area contributed by atoms with Crippen LogP contribution in [0.2, 0.25) is 0 Å². The maximum Gasteiger partial charge on any atom is 0.346 e. The summed E-state index contributed by atoms with van der Waals surface area (Å²) in [4.78, 5) is 25.0. The maximum atomic E-state index is 12.4. The van der Waals surface area contributed by atoms with Gasteiger partial charge in [-0.15, -0.1) is 11.8 Å². The minimum absolute atomic E-state index is 0.00744. The van der Waals surface area contributed by atoms with E-state index in [9.17, 15) is 4.79 Å². The van der Waals surface area contributed by atoms with E-state index in [1.165, 1.54) is 0 Å². The molecular formula is C21H17N3O3S. The quantitative estimate of drug-likeness (QED) is 0.396. The lowest BCUT2D eigenvalue weighted by atomic mass is 10.1. The fourth-order valence-corrected chi connectivity index (χ4v) is 3.43. The Kier molecular flexibility index (Phi) is 4.99. The molecule has 0 aliphatic heterocycles. The predicted octanol–water partition coefficient (Wildman–Crippen LogP) is 4.57. The average molecular weight is 391 g/mol. The van der Waals surface area contributed by atoms with Crippen LogP contribution < -0.4 is 9.47 Å². The number of methoxy groups -OCH3 is 1. The highest BCUT2D eigenvalue weighted by Gasteiger charge is 2.13. The molecule has 7 heteroatoms. The van der Waals surface area contributed by atoms with Crippen LogP contribution in [0.3, 0.4) is 0 Å². The van der Waals surface area contributed by atoms with Gasteiger partial charge in [0.15, 0.2) is 0 Å². The number of carbonyl (C=O) groups excluding carboxylic acids is 1. The van der Waals surface area contributed by atoms with Crippen LogP contribution in [-0.4, -0.2) is 34.3 Å². The molecule has 0 spiro atoms. The molecule has 4 aromatic rings. The Bertz CT molecular complexity index is 1140. The van der Waals surface area contributed by atoms with E-state index in [2.05, 4.69) is 15.0 Å².